The smallest absolute Gasteiger partial charge is 0.312 e. The van der Waals surface area contributed by atoms with Crippen LogP contribution in [0.2, 0.25) is 0 Å². The molecule has 3 fully saturated rings. The van der Waals surface area contributed by atoms with Crippen LogP contribution in [0.1, 0.15) is 50.5 Å². The van der Waals surface area contributed by atoms with Gasteiger partial charge in [0.15, 0.2) is 11.5 Å². The van der Waals surface area contributed by atoms with E-state index in [1.54, 1.807) is 0 Å². The Balaban J connectivity index is 1.31. The fourth-order valence-electron chi connectivity index (χ4n) is 4.79. The molecule has 2 aliphatic carbocycles. The third kappa shape index (κ3) is 3.07. The van der Waals surface area contributed by atoms with Gasteiger partial charge in [-0.25, -0.2) is 0 Å². The molecule has 4 aliphatic rings. The molecule has 0 N–H and O–H groups in total. The summed E-state index contributed by atoms with van der Waals surface area (Å²) >= 11 is 0. The number of fused-ring (bicyclic) bond motifs is 1. The fraction of sp³-hybridized carbons (Fsp3) is 0.667. The van der Waals surface area contributed by atoms with Crippen molar-refractivity contribution in [2.75, 3.05) is 19.8 Å². The van der Waals surface area contributed by atoms with Crippen LogP contribution in [0, 0.1) is 5.41 Å². The van der Waals surface area contributed by atoms with Gasteiger partial charge in [-0.2, -0.15) is 0 Å². The highest BCUT2D eigenvalue weighted by atomic mass is 16.6. The molecule has 0 unspecified atom stereocenters. The number of nitrogens with zero attached hydrogens (tertiary/aromatic N) is 1. The number of benzene rings is 1. The van der Waals surface area contributed by atoms with E-state index in [0.717, 1.165) is 43.9 Å². The van der Waals surface area contributed by atoms with Crippen molar-refractivity contribution in [3.05, 3.63) is 23.8 Å². The molecule has 26 heavy (non-hydrogen) atoms. The highest BCUT2D eigenvalue weighted by Crippen LogP contribution is 2.55. The first-order valence-corrected chi connectivity index (χ1v) is 10.1. The second kappa shape index (κ2) is 6.45. The second-order valence-electron chi connectivity index (χ2n) is 8.36. The van der Waals surface area contributed by atoms with Crippen LogP contribution >= 0.6 is 0 Å². The number of cyclic esters (lactones) is 1. The molecule has 2 saturated carbocycles. The summed E-state index contributed by atoms with van der Waals surface area (Å²) in [5.41, 5.74) is 1.13. The lowest BCUT2D eigenvalue weighted by Crippen LogP contribution is -2.38. The molecule has 2 heterocycles. The Bertz CT molecular complexity index is 693. The van der Waals surface area contributed by atoms with E-state index in [1.807, 2.05) is 6.07 Å². The lowest BCUT2D eigenvalue weighted by molar-refractivity contribution is -0.146. The van der Waals surface area contributed by atoms with Gasteiger partial charge < -0.3 is 14.2 Å². The SMILES string of the molecule is O=C1O[C@H](CN(Cc2ccc3c(c2)OCCO3)C2CCCC2)CC12CC2. The van der Waals surface area contributed by atoms with Crippen molar-refractivity contribution in [1.82, 2.24) is 4.90 Å². The Kier molecular flexibility index (Phi) is 4.07. The molecule has 1 aromatic rings. The van der Waals surface area contributed by atoms with Crippen molar-refractivity contribution < 1.29 is 19.0 Å². The Morgan fingerprint density at radius 1 is 1.08 bits per heavy atom. The topological polar surface area (TPSA) is 48.0 Å². The normalized spacial score (nSPS) is 26.5. The van der Waals surface area contributed by atoms with Crippen LogP contribution in [0.3, 0.4) is 0 Å². The predicted molar refractivity (Wildman–Crippen MR) is 96.3 cm³/mol. The minimum Gasteiger partial charge on any atom is -0.486 e. The first-order valence-electron chi connectivity index (χ1n) is 10.1. The lowest BCUT2D eigenvalue weighted by atomic mass is 10.0. The van der Waals surface area contributed by atoms with Crippen molar-refractivity contribution >= 4 is 5.97 Å². The molecule has 1 spiro atoms. The zero-order valence-electron chi connectivity index (χ0n) is 15.2. The van der Waals surface area contributed by atoms with E-state index in [1.165, 1.54) is 31.2 Å². The molecule has 1 aromatic carbocycles. The van der Waals surface area contributed by atoms with Gasteiger partial charge in [-0.1, -0.05) is 18.9 Å². The lowest BCUT2D eigenvalue weighted by Gasteiger charge is -2.31. The average Bonchev–Trinajstić information content (AvgIpc) is 3.10. The van der Waals surface area contributed by atoms with E-state index in [-0.39, 0.29) is 17.5 Å². The number of ether oxygens (including phenoxy) is 3. The summed E-state index contributed by atoms with van der Waals surface area (Å²) in [4.78, 5) is 14.7. The zero-order valence-corrected chi connectivity index (χ0v) is 15.2. The van der Waals surface area contributed by atoms with E-state index >= 15 is 0 Å². The molecule has 0 amide bonds. The van der Waals surface area contributed by atoms with Crippen LogP contribution in [0.5, 0.6) is 11.5 Å². The molecular formula is C21H27NO4. The Hall–Kier alpha value is -1.75. The van der Waals surface area contributed by atoms with Crippen molar-refractivity contribution in [2.45, 2.75) is 63.6 Å². The summed E-state index contributed by atoms with van der Waals surface area (Å²) < 4.78 is 17.1. The Morgan fingerprint density at radius 2 is 1.85 bits per heavy atom. The van der Waals surface area contributed by atoms with E-state index in [9.17, 15) is 4.79 Å². The fourth-order valence-corrected chi connectivity index (χ4v) is 4.79. The van der Waals surface area contributed by atoms with E-state index in [4.69, 9.17) is 14.2 Å². The first-order chi connectivity index (χ1) is 12.7. The monoisotopic (exact) mass is 357 g/mol. The largest absolute Gasteiger partial charge is 0.486 e. The maximum absolute atomic E-state index is 12.1. The molecule has 0 bridgehead atoms. The van der Waals surface area contributed by atoms with Crippen molar-refractivity contribution in [1.29, 1.82) is 0 Å². The van der Waals surface area contributed by atoms with Crippen molar-refractivity contribution in [2.24, 2.45) is 5.41 Å². The molecule has 1 atom stereocenters. The molecule has 140 valence electrons. The van der Waals surface area contributed by atoms with E-state index in [0.29, 0.717) is 19.3 Å². The van der Waals surface area contributed by atoms with Gasteiger partial charge in [0.05, 0.1) is 5.41 Å². The number of rotatable bonds is 5. The molecular weight excluding hydrogens is 330 g/mol. The molecule has 0 aromatic heterocycles. The summed E-state index contributed by atoms with van der Waals surface area (Å²) in [6.07, 6.45) is 8.11. The summed E-state index contributed by atoms with van der Waals surface area (Å²) in [5.74, 6) is 1.74. The Morgan fingerprint density at radius 3 is 2.58 bits per heavy atom. The van der Waals surface area contributed by atoms with Gasteiger partial charge in [-0.15, -0.1) is 0 Å². The highest BCUT2D eigenvalue weighted by molar-refractivity contribution is 5.82. The van der Waals surface area contributed by atoms with Crippen LogP contribution in [0.4, 0.5) is 0 Å². The van der Waals surface area contributed by atoms with Gasteiger partial charge >= 0.3 is 5.97 Å². The van der Waals surface area contributed by atoms with Gasteiger partial charge in [0, 0.05) is 25.6 Å². The van der Waals surface area contributed by atoms with E-state index in [2.05, 4.69) is 17.0 Å². The summed E-state index contributed by atoms with van der Waals surface area (Å²) in [6.45, 7) is 2.97. The maximum atomic E-state index is 12.1. The first kappa shape index (κ1) is 16.4. The van der Waals surface area contributed by atoms with Gasteiger partial charge in [0.25, 0.3) is 0 Å². The molecule has 1 saturated heterocycles. The third-order valence-corrected chi connectivity index (χ3v) is 6.45. The number of carbonyl (C=O) groups is 1. The van der Waals surface area contributed by atoms with Gasteiger partial charge in [-0.05, 0) is 43.4 Å². The summed E-state index contributed by atoms with van der Waals surface area (Å²) in [7, 11) is 0. The van der Waals surface area contributed by atoms with Crippen LogP contribution < -0.4 is 9.47 Å². The number of hydrogen-bond donors (Lipinski definition) is 0. The van der Waals surface area contributed by atoms with Crippen LogP contribution in [0.25, 0.3) is 0 Å². The third-order valence-electron chi connectivity index (χ3n) is 6.45. The number of carbonyl (C=O) groups excluding carboxylic acids is 1. The van der Waals surface area contributed by atoms with Crippen molar-refractivity contribution in [3.63, 3.8) is 0 Å². The Labute approximate surface area is 154 Å². The van der Waals surface area contributed by atoms with Crippen LogP contribution in [0.15, 0.2) is 18.2 Å². The minimum atomic E-state index is -0.108. The zero-order chi connectivity index (χ0) is 17.6. The quantitative estimate of drug-likeness (QED) is 0.757. The van der Waals surface area contributed by atoms with Gasteiger partial charge in [-0.3, -0.25) is 9.69 Å². The van der Waals surface area contributed by atoms with Crippen LogP contribution in [-0.4, -0.2) is 42.8 Å². The predicted octanol–water partition coefficient (Wildman–Crippen LogP) is 3.30. The van der Waals surface area contributed by atoms with Gasteiger partial charge in [0.1, 0.15) is 19.3 Å². The second-order valence-corrected chi connectivity index (χ2v) is 8.36. The maximum Gasteiger partial charge on any atom is 0.312 e. The standard InChI is InChI=1S/C21H27NO4/c23-20-21(7-8-21)12-17(26-20)14-22(16-3-1-2-4-16)13-15-5-6-18-19(11-15)25-10-9-24-18/h5-6,11,16-17H,1-4,7-10,12-14H2/t17-/m0/s1. The molecule has 5 rings (SSSR count). The summed E-state index contributed by atoms with van der Waals surface area (Å²) in [5, 5.41) is 0. The number of esters is 1. The highest BCUT2D eigenvalue weighted by Gasteiger charge is 2.57. The van der Waals surface area contributed by atoms with Gasteiger partial charge in [0.2, 0.25) is 0 Å². The molecule has 5 heteroatoms. The van der Waals surface area contributed by atoms with E-state index < -0.39 is 0 Å². The molecule has 2 aliphatic heterocycles. The average molecular weight is 357 g/mol. The van der Waals surface area contributed by atoms with Crippen LogP contribution in [-0.2, 0) is 16.1 Å². The molecule has 5 nitrogen and oxygen atoms in total. The number of hydrogen-bond acceptors (Lipinski definition) is 5. The minimum absolute atomic E-state index is 0.0493. The molecule has 0 radical (unpaired) electrons. The summed E-state index contributed by atoms with van der Waals surface area (Å²) in [6, 6.07) is 6.86. The van der Waals surface area contributed by atoms with Crippen molar-refractivity contribution in [3.8, 4) is 11.5 Å².